The largest absolute Gasteiger partial charge is 0.322 e. The minimum absolute atomic E-state index is 0.00315. The molecule has 1 aromatic carbocycles. The predicted octanol–water partition coefficient (Wildman–Crippen LogP) is 3.75. The topological polar surface area (TPSA) is 43.8 Å². The van der Waals surface area contributed by atoms with Crippen molar-refractivity contribution in [2.24, 2.45) is 5.73 Å². The van der Waals surface area contributed by atoms with Gasteiger partial charge in [-0.2, -0.15) is 5.10 Å². The average molecular weight is 344 g/mol. The monoisotopic (exact) mass is 343 g/mol. The van der Waals surface area contributed by atoms with Crippen LogP contribution in [-0.2, 0) is 6.42 Å². The number of nitrogens with two attached hydrogens (primary N) is 1. The number of halogens is 3. The van der Waals surface area contributed by atoms with Gasteiger partial charge in [0.25, 0.3) is 0 Å². The fraction of sp³-hybridized carbons (Fsp3) is 0.357. The summed E-state index contributed by atoms with van der Waals surface area (Å²) in [5.41, 5.74) is 6.87. The summed E-state index contributed by atoms with van der Waals surface area (Å²) in [6.07, 6.45) is 1.72. The van der Waals surface area contributed by atoms with E-state index in [1.54, 1.807) is 10.9 Å². The highest BCUT2D eigenvalue weighted by Crippen LogP contribution is 2.28. The van der Waals surface area contributed by atoms with E-state index in [0.29, 0.717) is 0 Å². The van der Waals surface area contributed by atoms with Crippen LogP contribution in [0.25, 0.3) is 0 Å². The second kappa shape index (κ2) is 6.01. The van der Waals surface area contributed by atoms with Crippen molar-refractivity contribution in [3.05, 3.63) is 51.8 Å². The van der Waals surface area contributed by atoms with Crippen molar-refractivity contribution in [2.45, 2.75) is 32.4 Å². The van der Waals surface area contributed by atoms with Crippen LogP contribution in [0.2, 0.25) is 0 Å². The molecule has 0 amide bonds. The molecule has 3 nitrogen and oxygen atoms in total. The van der Waals surface area contributed by atoms with E-state index in [0.717, 1.165) is 10.2 Å². The lowest BCUT2D eigenvalue weighted by Gasteiger charge is -2.18. The molecule has 0 aliphatic carbocycles. The molecule has 1 atom stereocenters. The summed E-state index contributed by atoms with van der Waals surface area (Å²) < 4.78 is 29.9. The summed E-state index contributed by atoms with van der Waals surface area (Å²) in [4.78, 5) is 0. The van der Waals surface area contributed by atoms with Gasteiger partial charge in [-0.05, 0) is 48.3 Å². The first-order valence-electron chi connectivity index (χ1n) is 6.33. The lowest BCUT2D eigenvalue weighted by Crippen LogP contribution is -2.21. The molecule has 1 unspecified atom stereocenters. The van der Waals surface area contributed by atoms with Crippen LogP contribution in [0.15, 0.2) is 28.9 Å². The minimum Gasteiger partial charge on any atom is -0.322 e. The van der Waals surface area contributed by atoms with Gasteiger partial charge in [-0.15, -0.1) is 0 Å². The normalized spacial score (nSPS) is 12.9. The maximum Gasteiger partial charge on any atom is 0.129 e. The van der Waals surface area contributed by atoms with Crippen LogP contribution in [0, 0.1) is 11.6 Å². The molecule has 0 aliphatic rings. The Morgan fingerprint density at radius 2 is 1.90 bits per heavy atom. The van der Waals surface area contributed by atoms with Crippen LogP contribution in [0.1, 0.15) is 37.2 Å². The molecule has 0 fully saturated rings. The molecule has 1 heterocycles. The fourth-order valence-electron chi connectivity index (χ4n) is 2.15. The third kappa shape index (κ3) is 2.91. The molecule has 108 valence electrons. The van der Waals surface area contributed by atoms with Crippen molar-refractivity contribution < 1.29 is 8.78 Å². The van der Waals surface area contributed by atoms with Gasteiger partial charge in [0.05, 0.1) is 22.4 Å². The Balaban J connectivity index is 2.33. The molecular weight excluding hydrogens is 328 g/mol. The SMILES string of the molecule is CC(C)n1ncc(Br)c1C(N)Cc1c(F)cccc1F. The maximum atomic E-state index is 13.7. The molecule has 2 N–H and O–H groups in total. The summed E-state index contributed by atoms with van der Waals surface area (Å²) in [6, 6.07) is 3.39. The standard InChI is InChI=1S/C14H16BrF2N3/c1-8(2)20-14(10(15)7-19-20)13(18)6-9-11(16)4-3-5-12(9)17/h3-5,7-8,13H,6,18H2,1-2H3. The molecule has 2 rings (SSSR count). The summed E-state index contributed by atoms with van der Waals surface area (Å²) in [5, 5.41) is 4.23. The molecule has 0 saturated carbocycles. The van der Waals surface area contributed by atoms with Gasteiger partial charge in [-0.1, -0.05) is 6.07 Å². The van der Waals surface area contributed by atoms with Gasteiger partial charge in [0, 0.05) is 11.6 Å². The highest BCUT2D eigenvalue weighted by molar-refractivity contribution is 9.10. The fourth-order valence-corrected chi connectivity index (χ4v) is 2.72. The lowest BCUT2D eigenvalue weighted by molar-refractivity contribution is 0.475. The van der Waals surface area contributed by atoms with Crippen molar-refractivity contribution in [3.63, 3.8) is 0 Å². The quantitative estimate of drug-likeness (QED) is 0.918. The molecule has 20 heavy (non-hydrogen) atoms. The third-order valence-electron chi connectivity index (χ3n) is 3.11. The molecule has 0 bridgehead atoms. The van der Waals surface area contributed by atoms with E-state index in [1.165, 1.54) is 18.2 Å². The summed E-state index contributed by atoms with van der Waals surface area (Å²) in [7, 11) is 0. The van der Waals surface area contributed by atoms with Crippen molar-refractivity contribution >= 4 is 15.9 Å². The van der Waals surface area contributed by atoms with E-state index in [9.17, 15) is 8.78 Å². The van der Waals surface area contributed by atoms with E-state index < -0.39 is 17.7 Å². The van der Waals surface area contributed by atoms with Crippen molar-refractivity contribution in [1.29, 1.82) is 0 Å². The third-order valence-corrected chi connectivity index (χ3v) is 3.72. The van der Waals surface area contributed by atoms with Crippen LogP contribution in [-0.4, -0.2) is 9.78 Å². The zero-order valence-electron chi connectivity index (χ0n) is 11.3. The van der Waals surface area contributed by atoms with Gasteiger partial charge in [-0.25, -0.2) is 8.78 Å². The number of benzene rings is 1. The van der Waals surface area contributed by atoms with E-state index in [4.69, 9.17) is 5.73 Å². The first-order chi connectivity index (χ1) is 9.41. The maximum absolute atomic E-state index is 13.7. The van der Waals surface area contributed by atoms with E-state index in [2.05, 4.69) is 21.0 Å². The highest BCUT2D eigenvalue weighted by Gasteiger charge is 2.21. The van der Waals surface area contributed by atoms with Crippen LogP contribution < -0.4 is 5.73 Å². The Bertz CT molecular complexity index is 590. The molecule has 2 aromatic rings. The van der Waals surface area contributed by atoms with Gasteiger partial charge < -0.3 is 5.73 Å². The zero-order chi connectivity index (χ0) is 14.9. The number of hydrogen-bond acceptors (Lipinski definition) is 2. The Hall–Kier alpha value is -1.27. The molecule has 0 spiro atoms. The van der Waals surface area contributed by atoms with Crippen molar-refractivity contribution in [3.8, 4) is 0 Å². The van der Waals surface area contributed by atoms with Crippen LogP contribution in [0.3, 0.4) is 0 Å². The van der Waals surface area contributed by atoms with Crippen molar-refractivity contribution in [2.75, 3.05) is 0 Å². The van der Waals surface area contributed by atoms with Gasteiger partial charge in [0.1, 0.15) is 11.6 Å². The lowest BCUT2D eigenvalue weighted by atomic mass is 10.0. The van der Waals surface area contributed by atoms with Crippen LogP contribution >= 0.6 is 15.9 Å². The smallest absolute Gasteiger partial charge is 0.129 e. The van der Waals surface area contributed by atoms with E-state index >= 15 is 0 Å². The van der Waals surface area contributed by atoms with Gasteiger partial charge in [0.15, 0.2) is 0 Å². The van der Waals surface area contributed by atoms with E-state index in [1.807, 2.05) is 13.8 Å². The zero-order valence-corrected chi connectivity index (χ0v) is 12.9. The van der Waals surface area contributed by atoms with Gasteiger partial charge in [0.2, 0.25) is 0 Å². The molecule has 1 aromatic heterocycles. The Labute approximate surface area is 124 Å². The van der Waals surface area contributed by atoms with Crippen LogP contribution in [0.4, 0.5) is 8.78 Å². The van der Waals surface area contributed by atoms with Crippen molar-refractivity contribution in [1.82, 2.24) is 9.78 Å². The summed E-state index contributed by atoms with van der Waals surface area (Å²) in [6.45, 7) is 3.94. The number of rotatable bonds is 4. The predicted molar refractivity (Wildman–Crippen MR) is 77.3 cm³/mol. The molecular formula is C14H16BrF2N3. The molecule has 0 aliphatic heterocycles. The number of nitrogens with zero attached hydrogens (tertiary/aromatic N) is 2. The van der Waals surface area contributed by atoms with E-state index in [-0.39, 0.29) is 18.0 Å². The Kier molecular flexibility index (Phi) is 4.55. The van der Waals surface area contributed by atoms with Crippen LogP contribution in [0.5, 0.6) is 0 Å². The minimum atomic E-state index is -0.577. The molecule has 0 saturated heterocycles. The second-order valence-electron chi connectivity index (χ2n) is 4.93. The first kappa shape index (κ1) is 15.1. The molecule has 0 radical (unpaired) electrons. The number of aromatic nitrogens is 2. The Morgan fingerprint density at radius 1 is 1.30 bits per heavy atom. The summed E-state index contributed by atoms with van der Waals surface area (Å²) in [5.74, 6) is -1.15. The molecule has 6 heteroatoms. The van der Waals surface area contributed by atoms with Gasteiger partial charge >= 0.3 is 0 Å². The van der Waals surface area contributed by atoms with Gasteiger partial charge in [-0.3, -0.25) is 4.68 Å². The second-order valence-corrected chi connectivity index (χ2v) is 5.78. The highest BCUT2D eigenvalue weighted by atomic mass is 79.9. The summed E-state index contributed by atoms with van der Waals surface area (Å²) >= 11 is 3.39. The average Bonchev–Trinajstić information content (AvgIpc) is 2.76. The number of hydrogen-bond donors (Lipinski definition) is 1. The Morgan fingerprint density at radius 3 is 2.45 bits per heavy atom. The first-order valence-corrected chi connectivity index (χ1v) is 7.12.